The molecule has 0 fully saturated rings. The van der Waals surface area contributed by atoms with E-state index in [1.165, 1.54) is 12.1 Å². The molecule has 3 aromatic rings. The average Bonchev–Trinajstić information content (AvgIpc) is 3.18. The maximum atomic E-state index is 12.9. The molecule has 0 bridgehead atoms. The molecule has 1 atom stereocenters. The third-order valence-electron chi connectivity index (χ3n) is 4.20. The standard InChI is InChI=1S/C18H15N3O7S/c22-17-19-16(20-28-17)15-10-21(13-8-4-5-9-14(13)27-15)29(24,25)18(23)26-11-12-6-2-1-3-7-12/h1-9,15H,10-11H2,(H,19,20,22)/t15-/m1/s1. The number of ether oxygens (including phenoxy) is 2. The van der Waals surface area contributed by atoms with E-state index in [0.29, 0.717) is 5.56 Å². The Bertz CT molecular complexity index is 1190. The van der Waals surface area contributed by atoms with E-state index in [-0.39, 0.29) is 30.4 Å². The monoisotopic (exact) mass is 417 g/mol. The molecule has 1 aliphatic heterocycles. The van der Waals surface area contributed by atoms with Crippen molar-refractivity contribution in [1.29, 1.82) is 0 Å². The highest BCUT2D eigenvalue weighted by Gasteiger charge is 2.40. The molecule has 0 radical (unpaired) electrons. The van der Waals surface area contributed by atoms with Gasteiger partial charge in [0.2, 0.25) is 0 Å². The smallest absolute Gasteiger partial charge is 0.445 e. The van der Waals surface area contributed by atoms with Crippen molar-refractivity contribution in [2.24, 2.45) is 0 Å². The first-order valence-corrected chi connectivity index (χ1v) is 9.94. The van der Waals surface area contributed by atoms with Gasteiger partial charge in [0.05, 0.1) is 12.2 Å². The highest BCUT2D eigenvalue weighted by atomic mass is 32.2. The lowest BCUT2D eigenvalue weighted by molar-refractivity contribution is 0.164. The molecule has 150 valence electrons. The first-order chi connectivity index (χ1) is 13.9. The van der Waals surface area contributed by atoms with Gasteiger partial charge < -0.3 is 9.47 Å². The topological polar surface area (TPSA) is 132 Å². The number of aromatic amines is 1. The molecule has 1 N–H and O–H groups in total. The Morgan fingerprint density at radius 1 is 1.17 bits per heavy atom. The molecular formula is C18H15N3O7S. The van der Waals surface area contributed by atoms with Gasteiger partial charge in [-0.25, -0.2) is 9.59 Å². The SMILES string of the molecule is O=C(OCc1ccccc1)S(=O)(=O)N1C[C@H](c2noc(=O)[nH]2)Oc2ccccc21. The molecule has 1 aromatic heterocycles. The van der Waals surface area contributed by atoms with E-state index in [1.807, 2.05) is 0 Å². The first kappa shape index (κ1) is 18.7. The van der Waals surface area contributed by atoms with Gasteiger partial charge in [0.1, 0.15) is 12.4 Å². The largest absolute Gasteiger partial charge is 0.478 e. The minimum Gasteiger partial charge on any atom is -0.478 e. The van der Waals surface area contributed by atoms with E-state index in [4.69, 9.17) is 9.47 Å². The molecular weight excluding hydrogens is 402 g/mol. The Balaban J connectivity index is 1.62. The Morgan fingerprint density at radius 3 is 2.62 bits per heavy atom. The Kier molecular flexibility index (Phi) is 4.80. The van der Waals surface area contributed by atoms with Crippen LogP contribution in [0, 0.1) is 0 Å². The van der Waals surface area contributed by atoms with Gasteiger partial charge in [0, 0.05) is 0 Å². The number of benzene rings is 2. The number of sulfonamides is 1. The third kappa shape index (κ3) is 3.72. The van der Waals surface area contributed by atoms with Crippen LogP contribution in [0.15, 0.2) is 63.9 Å². The lowest BCUT2D eigenvalue weighted by atomic mass is 10.2. The summed E-state index contributed by atoms with van der Waals surface area (Å²) >= 11 is 0. The number of aromatic nitrogens is 2. The summed E-state index contributed by atoms with van der Waals surface area (Å²) in [5, 5.41) is 2.15. The molecule has 2 aromatic carbocycles. The van der Waals surface area contributed by atoms with Gasteiger partial charge in [-0.05, 0) is 17.7 Å². The number of nitrogens with zero attached hydrogens (tertiary/aromatic N) is 2. The summed E-state index contributed by atoms with van der Waals surface area (Å²) in [5.74, 6) is -0.603. The lowest BCUT2D eigenvalue weighted by Crippen LogP contribution is -2.43. The van der Waals surface area contributed by atoms with Crippen LogP contribution < -0.4 is 14.8 Å². The van der Waals surface area contributed by atoms with Gasteiger partial charge in [-0.2, -0.15) is 8.42 Å². The quantitative estimate of drug-likeness (QED) is 0.637. The third-order valence-corrected chi connectivity index (χ3v) is 5.66. The van der Waals surface area contributed by atoms with E-state index in [0.717, 1.165) is 4.31 Å². The first-order valence-electron chi connectivity index (χ1n) is 8.50. The predicted molar refractivity (Wildman–Crippen MR) is 99.8 cm³/mol. The van der Waals surface area contributed by atoms with Crippen LogP contribution in [-0.2, 0) is 21.4 Å². The molecule has 0 saturated carbocycles. The van der Waals surface area contributed by atoms with E-state index < -0.39 is 27.2 Å². The summed E-state index contributed by atoms with van der Waals surface area (Å²) in [6.07, 6.45) is -0.979. The van der Waals surface area contributed by atoms with Crippen molar-refractivity contribution in [1.82, 2.24) is 10.1 Å². The number of H-pyrrole nitrogens is 1. The summed E-state index contributed by atoms with van der Waals surface area (Å²) in [4.78, 5) is 26.0. The van der Waals surface area contributed by atoms with E-state index in [9.17, 15) is 18.0 Å². The van der Waals surface area contributed by atoms with E-state index >= 15 is 0 Å². The van der Waals surface area contributed by atoms with Crippen molar-refractivity contribution >= 4 is 21.0 Å². The molecule has 0 unspecified atom stereocenters. The molecule has 0 spiro atoms. The molecule has 0 saturated heterocycles. The number of hydrogen-bond acceptors (Lipinski definition) is 8. The van der Waals surface area contributed by atoms with Gasteiger partial charge in [-0.15, -0.1) is 0 Å². The van der Waals surface area contributed by atoms with Crippen molar-refractivity contribution in [3.63, 3.8) is 0 Å². The molecule has 0 amide bonds. The van der Waals surface area contributed by atoms with E-state index in [2.05, 4.69) is 14.7 Å². The fourth-order valence-electron chi connectivity index (χ4n) is 2.83. The second-order valence-electron chi connectivity index (χ2n) is 6.11. The summed E-state index contributed by atoms with van der Waals surface area (Å²) in [5.41, 5.74) is 0.822. The van der Waals surface area contributed by atoms with Gasteiger partial charge in [-0.3, -0.25) is 13.8 Å². The maximum Gasteiger partial charge on any atom is 0.445 e. The fourth-order valence-corrected chi connectivity index (χ4v) is 3.96. The Labute approximate surface area is 164 Å². The molecule has 29 heavy (non-hydrogen) atoms. The van der Waals surface area contributed by atoms with E-state index in [1.54, 1.807) is 42.5 Å². The van der Waals surface area contributed by atoms with Crippen LogP contribution in [-0.4, -0.2) is 30.4 Å². The normalized spacial score (nSPS) is 16.0. The molecule has 10 nitrogen and oxygen atoms in total. The zero-order valence-corrected chi connectivity index (χ0v) is 15.7. The van der Waals surface area contributed by atoms with Crippen molar-refractivity contribution in [3.8, 4) is 5.75 Å². The number of nitrogens with one attached hydrogen (secondary N) is 1. The van der Waals surface area contributed by atoms with Crippen LogP contribution in [0.5, 0.6) is 5.75 Å². The summed E-state index contributed by atoms with van der Waals surface area (Å²) in [7, 11) is -4.54. The Morgan fingerprint density at radius 2 is 1.90 bits per heavy atom. The van der Waals surface area contributed by atoms with Crippen molar-refractivity contribution in [3.05, 3.63) is 76.5 Å². The second kappa shape index (κ2) is 7.43. The number of carbonyl (C=O) groups is 1. The fraction of sp³-hybridized carbons (Fsp3) is 0.167. The lowest BCUT2D eigenvalue weighted by Gasteiger charge is -2.33. The number of fused-ring (bicyclic) bond motifs is 1. The number of anilines is 1. The predicted octanol–water partition coefficient (Wildman–Crippen LogP) is 1.97. The number of carbonyl (C=O) groups excluding carboxylic acids is 1. The summed E-state index contributed by atoms with van der Waals surface area (Å²) < 4.78 is 41.9. The number of rotatable bonds is 4. The van der Waals surface area contributed by atoms with Gasteiger partial charge in [0.25, 0.3) is 0 Å². The van der Waals surface area contributed by atoms with Crippen molar-refractivity contribution in [2.75, 3.05) is 10.8 Å². The molecule has 1 aliphatic rings. The minimum absolute atomic E-state index is 0.00218. The minimum atomic E-state index is -4.54. The highest BCUT2D eigenvalue weighted by Crippen LogP contribution is 2.38. The molecule has 2 heterocycles. The van der Waals surface area contributed by atoms with Crippen LogP contribution >= 0.6 is 0 Å². The van der Waals surface area contributed by atoms with Gasteiger partial charge in [0.15, 0.2) is 11.9 Å². The maximum absolute atomic E-state index is 12.9. The van der Waals surface area contributed by atoms with Crippen LogP contribution in [0.4, 0.5) is 10.5 Å². The zero-order valence-electron chi connectivity index (χ0n) is 14.8. The van der Waals surface area contributed by atoms with Gasteiger partial charge >= 0.3 is 21.1 Å². The summed E-state index contributed by atoms with van der Waals surface area (Å²) in [6, 6.07) is 15.0. The van der Waals surface area contributed by atoms with Crippen LogP contribution in [0.3, 0.4) is 0 Å². The zero-order chi connectivity index (χ0) is 20.4. The number of para-hydroxylation sites is 2. The van der Waals surface area contributed by atoms with Crippen LogP contribution in [0.25, 0.3) is 0 Å². The molecule has 0 aliphatic carbocycles. The Hall–Kier alpha value is -3.60. The second-order valence-corrected chi connectivity index (χ2v) is 7.84. The average molecular weight is 417 g/mol. The summed E-state index contributed by atoms with van der Waals surface area (Å²) in [6.45, 7) is -0.493. The van der Waals surface area contributed by atoms with Crippen molar-refractivity contribution in [2.45, 2.75) is 12.7 Å². The van der Waals surface area contributed by atoms with Crippen LogP contribution in [0.2, 0.25) is 0 Å². The highest BCUT2D eigenvalue weighted by molar-refractivity contribution is 8.06. The molecule has 4 rings (SSSR count). The molecule has 11 heteroatoms. The number of hydrogen-bond donors (Lipinski definition) is 1. The van der Waals surface area contributed by atoms with Crippen LogP contribution in [0.1, 0.15) is 17.5 Å². The van der Waals surface area contributed by atoms with Crippen molar-refractivity contribution < 1.29 is 27.2 Å². The van der Waals surface area contributed by atoms with Gasteiger partial charge in [-0.1, -0.05) is 47.6 Å².